The monoisotopic (exact) mass is 164 g/mol. The largest absolute Gasteiger partial charge is 1.00 e. The van der Waals surface area contributed by atoms with Crippen LogP contribution < -0.4 is 0 Å². The van der Waals surface area contributed by atoms with Crippen molar-refractivity contribution in [3.8, 4) is 0 Å². The van der Waals surface area contributed by atoms with Crippen LogP contribution in [0, 0.1) is 6.67 Å². The topological polar surface area (TPSA) is 0 Å². The first-order valence-corrected chi connectivity index (χ1v) is 1.07. The molecule has 0 aliphatic rings. The van der Waals surface area contributed by atoms with Crippen LogP contribution >= 0.6 is 0 Å². The second kappa shape index (κ2) is 3.27. The molecule has 0 rings (SSSR count). The minimum Gasteiger partial charge on any atom is -0.451 e. The van der Waals surface area contributed by atoms with E-state index in [1.54, 1.807) is 0 Å². The Labute approximate surface area is 48.4 Å². The van der Waals surface area contributed by atoms with Crippen LogP contribution in [0.15, 0.2) is 0 Å². The van der Waals surface area contributed by atoms with Gasteiger partial charge in [-0.2, -0.15) is 0 Å². The zero-order valence-electron chi connectivity index (χ0n) is 2.89. The molecule has 0 aromatic heterocycles. The van der Waals surface area contributed by atoms with E-state index in [9.17, 15) is 17.6 Å². The van der Waals surface area contributed by atoms with Crippen LogP contribution in [0.1, 0.15) is 0 Å². The molecule has 0 nitrogen and oxygen atoms in total. The second-order valence-electron chi connectivity index (χ2n) is 0.651. The van der Waals surface area contributed by atoms with Gasteiger partial charge in [-0.05, 0) is 0 Å². The van der Waals surface area contributed by atoms with Crippen LogP contribution in [0.2, 0.25) is 0 Å². The summed E-state index contributed by atoms with van der Waals surface area (Å²) in [5.74, 6) is 0. The summed E-state index contributed by atoms with van der Waals surface area (Å²) in [6.45, 7) is -1.31. The first-order chi connectivity index (χ1) is 2.56. The van der Waals surface area contributed by atoms with E-state index in [2.05, 4.69) is 0 Å². The van der Waals surface area contributed by atoms with Crippen molar-refractivity contribution in [2.75, 3.05) is 0 Å². The fourth-order valence-corrected chi connectivity index (χ4v) is 0. The fraction of sp³-hybridized carbons (Fsp3) is 0.500. The molecule has 7 heavy (non-hydrogen) atoms. The van der Waals surface area contributed by atoms with Crippen molar-refractivity contribution < 1.29 is 34.6 Å². The van der Waals surface area contributed by atoms with Gasteiger partial charge < -0.3 is 4.39 Å². The predicted molar refractivity (Wildman–Crippen MR) is 11.5 cm³/mol. The van der Waals surface area contributed by atoms with Crippen LogP contribution in [-0.2, 0) is 17.1 Å². The van der Waals surface area contributed by atoms with Crippen molar-refractivity contribution >= 4 is 0 Å². The maximum atomic E-state index is 10.4. The van der Waals surface area contributed by atoms with Gasteiger partial charge in [0.05, 0.1) is 0 Å². The SMILES string of the molecule is F[CH-]C(F)(F)F.[Cu+]. The Morgan fingerprint density at radius 1 is 1.14 bits per heavy atom. The molecule has 0 amide bonds. The van der Waals surface area contributed by atoms with Crippen molar-refractivity contribution in [2.24, 2.45) is 0 Å². The van der Waals surface area contributed by atoms with Crippen molar-refractivity contribution in [2.45, 2.75) is 6.18 Å². The Hall–Kier alpha value is 0.239. The molecule has 0 heterocycles. The van der Waals surface area contributed by atoms with Gasteiger partial charge in [-0.1, -0.05) is 6.67 Å². The van der Waals surface area contributed by atoms with Crippen LogP contribution in [0.3, 0.4) is 0 Å². The van der Waals surface area contributed by atoms with Crippen molar-refractivity contribution in [3.05, 3.63) is 6.67 Å². The zero-order valence-corrected chi connectivity index (χ0v) is 3.83. The van der Waals surface area contributed by atoms with E-state index in [1.807, 2.05) is 0 Å². The molecule has 0 saturated carbocycles. The summed E-state index contributed by atoms with van der Waals surface area (Å²) in [6.07, 6.45) is -4.75. The summed E-state index contributed by atoms with van der Waals surface area (Å²) >= 11 is 0. The molecule has 0 fully saturated rings. The van der Waals surface area contributed by atoms with Crippen LogP contribution in [0.5, 0.6) is 0 Å². The molecule has 0 aliphatic heterocycles. The van der Waals surface area contributed by atoms with E-state index in [4.69, 9.17) is 0 Å². The summed E-state index contributed by atoms with van der Waals surface area (Å²) in [5.41, 5.74) is 0. The Kier molecular flexibility index (Phi) is 4.79. The molecule has 5 heteroatoms. The third-order valence-electron chi connectivity index (χ3n) is 0.124. The van der Waals surface area contributed by atoms with Gasteiger partial charge in [0.2, 0.25) is 0 Å². The van der Waals surface area contributed by atoms with Gasteiger partial charge >= 0.3 is 17.1 Å². The Bertz CT molecular complexity index is 39.4. The van der Waals surface area contributed by atoms with E-state index in [0.29, 0.717) is 0 Å². The van der Waals surface area contributed by atoms with E-state index < -0.39 is 12.9 Å². The smallest absolute Gasteiger partial charge is 0.451 e. The maximum Gasteiger partial charge on any atom is 1.00 e. The van der Waals surface area contributed by atoms with Crippen LogP contribution in [0.25, 0.3) is 0 Å². The molecule has 48 valence electrons. The van der Waals surface area contributed by atoms with E-state index >= 15 is 0 Å². The molecule has 0 saturated heterocycles. The zero-order chi connectivity index (χ0) is 5.21. The quantitative estimate of drug-likeness (QED) is 0.290. The molecule has 0 atom stereocenters. The maximum absolute atomic E-state index is 10.4. The van der Waals surface area contributed by atoms with Crippen molar-refractivity contribution in [1.29, 1.82) is 0 Å². The summed E-state index contributed by atoms with van der Waals surface area (Å²) in [5, 5.41) is 0. The van der Waals surface area contributed by atoms with Crippen molar-refractivity contribution in [3.63, 3.8) is 0 Å². The minimum absolute atomic E-state index is 0. The molecule has 0 aromatic carbocycles. The third kappa shape index (κ3) is 10.7. The summed E-state index contributed by atoms with van der Waals surface area (Å²) in [4.78, 5) is 0. The van der Waals surface area contributed by atoms with Crippen LogP contribution in [-0.4, -0.2) is 6.18 Å². The summed E-state index contributed by atoms with van der Waals surface area (Å²) in [6, 6.07) is 0. The molecule has 0 unspecified atom stereocenters. The normalized spacial score (nSPS) is 10.3. The van der Waals surface area contributed by atoms with Gasteiger partial charge in [0.25, 0.3) is 6.18 Å². The molecule has 0 spiro atoms. The number of hydrogen-bond acceptors (Lipinski definition) is 0. The minimum atomic E-state index is -4.75. The van der Waals surface area contributed by atoms with Gasteiger partial charge in [-0.3, -0.25) is 0 Å². The first-order valence-electron chi connectivity index (χ1n) is 1.07. The number of hydrogen-bond donors (Lipinski definition) is 0. The first kappa shape index (κ1) is 10.3. The molecule has 0 aromatic rings. The molecule has 0 aliphatic carbocycles. The van der Waals surface area contributed by atoms with Gasteiger partial charge in [-0.25, -0.2) is 13.2 Å². The Morgan fingerprint density at radius 3 is 1.29 bits per heavy atom. The predicted octanol–water partition coefficient (Wildman–Crippen LogP) is 1.68. The van der Waals surface area contributed by atoms with E-state index in [-0.39, 0.29) is 17.1 Å². The third-order valence-corrected chi connectivity index (χ3v) is 0.124. The summed E-state index contributed by atoms with van der Waals surface area (Å²) in [7, 11) is 0. The fourth-order valence-electron chi connectivity index (χ4n) is 0. The average molecular weight is 165 g/mol. The van der Waals surface area contributed by atoms with Crippen LogP contribution in [0.4, 0.5) is 17.6 Å². The van der Waals surface area contributed by atoms with Crippen molar-refractivity contribution in [1.82, 2.24) is 0 Å². The van der Waals surface area contributed by atoms with E-state index in [1.165, 1.54) is 0 Å². The molecule has 0 bridgehead atoms. The van der Waals surface area contributed by atoms with Gasteiger partial charge in [0.1, 0.15) is 0 Å². The number of halogens is 4. The van der Waals surface area contributed by atoms with E-state index in [0.717, 1.165) is 0 Å². The number of alkyl halides is 3. The Balaban J connectivity index is 0. The summed E-state index contributed by atoms with van der Waals surface area (Å²) < 4.78 is 41.3. The molecular formula is C2HCuF4. The second-order valence-corrected chi connectivity index (χ2v) is 0.651. The number of rotatable bonds is 0. The average Bonchev–Trinajstić information content (AvgIpc) is 1.35. The van der Waals surface area contributed by atoms with Gasteiger partial charge in [0, 0.05) is 0 Å². The molecule has 0 radical (unpaired) electrons. The van der Waals surface area contributed by atoms with Gasteiger partial charge in [-0.15, -0.1) is 0 Å². The molecule has 0 N–H and O–H groups in total. The Morgan fingerprint density at radius 2 is 1.29 bits per heavy atom. The van der Waals surface area contributed by atoms with Gasteiger partial charge in [0.15, 0.2) is 0 Å². The molecular weight excluding hydrogens is 164 g/mol. The standard InChI is InChI=1S/C2HF4.Cu/c3-1-2(4,5)6;/h1H;/q-1;+1.